The Balaban J connectivity index is 1.28. The van der Waals surface area contributed by atoms with Crippen LogP contribution in [-0.4, -0.2) is 59.9 Å². The van der Waals surface area contributed by atoms with Crippen LogP contribution in [0.1, 0.15) is 23.2 Å². The third-order valence-corrected chi connectivity index (χ3v) is 7.79. The summed E-state index contributed by atoms with van der Waals surface area (Å²) in [5.41, 5.74) is 1.78. The highest BCUT2D eigenvalue weighted by Crippen LogP contribution is 2.21. The number of benzene rings is 2. The monoisotopic (exact) mass is 471 g/mol. The van der Waals surface area contributed by atoms with Crippen molar-refractivity contribution < 1.29 is 22.7 Å². The summed E-state index contributed by atoms with van der Waals surface area (Å²) in [6.07, 6.45) is 3.29. The third kappa shape index (κ3) is 5.14. The first kappa shape index (κ1) is 22.4. The molecule has 0 unspecified atom stereocenters. The van der Waals surface area contributed by atoms with Gasteiger partial charge in [0.1, 0.15) is 5.03 Å². The van der Waals surface area contributed by atoms with E-state index in [9.17, 15) is 18.0 Å². The molecule has 0 N–H and O–H groups in total. The molecule has 1 aliphatic heterocycles. The molecule has 0 amide bonds. The topological polar surface area (TPSA) is 107 Å². The Morgan fingerprint density at radius 3 is 2.41 bits per heavy atom. The van der Waals surface area contributed by atoms with Gasteiger partial charge in [0, 0.05) is 18.7 Å². The Morgan fingerprint density at radius 2 is 1.69 bits per heavy atom. The summed E-state index contributed by atoms with van der Waals surface area (Å²) in [4.78, 5) is 33.2. The molecule has 0 aliphatic carbocycles. The van der Waals surface area contributed by atoms with E-state index in [1.54, 1.807) is 6.20 Å². The number of carbonyl (C=O) groups excluding carboxylic acids is 2. The van der Waals surface area contributed by atoms with Crippen molar-refractivity contribution in [2.45, 2.75) is 22.8 Å². The van der Waals surface area contributed by atoms with Crippen molar-refractivity contribution in [3.05, 3.63) is 60.3 Å². The van der Waals surface area contributed by atoms with Gasteiger partial charge in [0.2, 0.25) is 10.0 Å². The van der Waals surface area contributed by atoms with Crippen molar-refractivity contribution in [2.75, 3.05) is 25.4 Å². The standard InChI is InChI=1S/C22H21N3O5S2/c26-20(16-7-9-17(10-8-16)32(28,29)25-11-3-4-12-25)14-30-22(27)15-31-21-13-23-18-5-1-2-6-19(18)24-21/h1-2,5-10,13H,3-4,11-12,14-15H2. The normalized spacial score (nSPS) is 14.5. The van der Waals surface area contributed by atoms with Crippen LogP contribution in [0.4, 0.5) is 0 Å². The zero-order valence-corrected chi connectivity index (χ0v) is 18.8. The average molecular weight is 472 g/mol. The van der Waals surface area contributed by atoms with E-state index in [4.69, 9.17) is 4.74 Å². The fraction of sp³-hybridized carbons (Fsp3) is 0.273. The number of sulfonamides is 1. The van der Waals surface area contributed by atoms with Gasteiger partial charge >= 0.3 is 5.97 Å². The maximum Gasteiger partial charge on any atom is 0.316 e. The van der Waals surface area contributed by atoms with Crippen LogP contribution in [0.3, 0.4) is 0 Å². The van der Waals surface area contributed by atoms with Crippen LogP contribution in [-0.2, 0) is 19.6 Å². The molecule has 0 saturated carbocycles. The van der Waals surface area contributed by atoms with E-state index >= 15 is 0 Å². The number of hydrogen-bond donors (Lipinski definition) is 0. The number of ketones is 1. The Labute approximate surface area is 190 Å². The third-order valence-electron chi connectivity index (χ3n) is 5.01. The number of thioether (sulfide) groups is 1. The molecular formula is C22H21N3O5S2. The molecule has 1 aromatic heterocycles. The summed E-state index contributed by atoms with van der Waals surface area (Å²) in [6, 6.07) is 13.1. The summed E-state index contributed by atoms with van der Waals surface area (Å²) in [5, 5.41) is 0.585. The molecule has 4 rings (SSSR count). The molecule has 1 fully saturated rings. The zero-order chi connectivity index (χ0) is 22.6. The SMILES string of the molecule is O=C(CSc1cnc2ccccc2n1)OCC(=O)c1ccc(S(=O)(=O)N2CCCC2)cc1. The second-order valence-electron chi connectivity index (χ2n) is 7.21. The van der Waals surface area contributed by atoms with Gasteiger partial charge in [-0.05, 0) is 49.2 Å². The number of hydrogen-bond acceptors (Lipinski definition) is 8. The number of esters is 1. The van der Waals surface area contributed by atoms with E-state index in [0.717, 1.165) is 23.9 Å². The lowest BCUT2D eigenvalue weighted by Gasteiger charge is -2.15. The first-order valence-electron chi connectivity index (χ1n) is 10.1. The largest absolute Gasteiger partial charge is 0.457 e. The van der Waals surface area contributed by atoms with Crippen LogP contribution in [0.15, 0.2) is 64.6 Å². The van der Waals surface area contributed by atoms with E-state index in [1.165, 1.54) is 40.3 Å². The number of nitrogens with zero attached hydrogens (tertiary/aromatic N) is 3. The van der Waals surface area contributed by atoms with Crippen LogP contribution in [0.25, 0.3) is 11.0 Å². The smallest absolute Gasteiger partial charge is 0.316 e. The molecule has 1 saturated heterocycles. The highest BCUT2D eigenvalue weighted by atomic mass is 32.2. The van der Waals surface area contributed by atoms with Gasteiger partial charge in [-0.1, -0.05) is 23.9 Å². The minimum Gasteiger partial charge on any atom is -0.457 e. The fourth-order valence-electron chi connectivity index (χ4n) is 3.30. The van der Waals surface area contributed by atoms with E-state index in [2.05, 4.69) is 9.97 Å². The van der Waals surface area contributed by atoms with Crippen molar-refractivity contribution in [1.29, 1.82) is 0 Å². The van der Waals surface area contributed by atoms with E-state index in [1.807, 2.05) is 24.3 Å². The van der Waals surface area contributed by atoms with Gasteiger partial charge in [-0.15, -0.1) is 0 Å². The molecule has 2 heterocycles. The quantitative estimate of drug-likeness (QED) is 0.280. The highest BCUT2D eigenvalue weighted by molar-refractivity contribution is 7.99. The molecule has 3 aromatic rings. The molecule has 2 aromatic carbocycles. The van der Waals surface area contributed by atoms with Gasteiger partial charge in [-0.3, -0.25) is 14.6 Å². The van der Waals surface area contributed by atoms with Crippen LogP contribution in [0, 0.1) is 0 Å². The summed E-state index contributed by atoms with van der Waals surface area (Å²) in [5.74, 6) is -0.960. The van der Waals surface area contributed by atoms with Crippen LogP contribution < -0.4 is 0 Å². The molecule has 1 aliphatic rings. The molecule has 0 atom stereocenters. The second-order valence-corrected chi connectivity index (χ2v) is 10.1. The zero-order valence-electron chi connectivity index (χ0n) is 17.1. The number of carbonyl (C=O) groups is 2. The fourth-order valence-corrected chi connectivity index (χ4v) is 5.46. The first-order valence-corrected chi connectivity index (χ1v) is 12.5. The molecule has 166 valence electrons. The lowest BCUT2D eigenvalue weighted by atomic mass is 10.1. The van der Waals surface area contributed by atoms with Crippen molar-refractivity contribution in [3.63, 3.8) is 0 Å². The maximum atomic E-state index is 12.6. The van der Waals surface area contributed by atoms with Crippen LogP contribution >= 0.6 is 11.8 Å². The van der Waals surface area contributed by atoms with Crippen molar-refractivity contribution in [2.24, 2.45) is 0 Å². The first-order chi connectivity index (χ1) is 15.4. The highest BCUT2D eigenvalue weighted by Gasteiger charge is 2.27. The minimum atomic E-state index is -3.53. The Kier molecular flexibility index (Phi) is 6.83. The van der Waals surface area contributed by atoms with E-state index < -0.39 is 28.4 Å². The summed E-state index contributed by atoms with van der Waals surface area (Å²) in [7, 11) is -3.53. The Bertz CT molecular complexity index is 1240. The number of rotatable bonds is 8. The molecule has 32 heavy (non-hydrogen) atoms. The lowest BCUT2D eigenvalue weighted by Crippen LogP contribution is -2.27. The number of ether oxygens (including phenoxy) is 1. The number of Topliss-reactive ketones (excluding diaryl/α,β-unsaturated/α-hetero) is 1. The predicted octanol–water partition coefficient (Wildman–Crippen LogP) is 2.93. The van der Waals surface area contributed by atoms with Gasteiger partial charge in [-0.25, -0.2) is 13.4 Å². The summed E-state index contributed by atoms with van der Waals surface area (Å²) >= 11 is 1.18. The predicted molar refractivity (Wildman–Crippen MR) is 120 cm³/mol. The van der Waals surface area contributed by atoms with Gasteiger partial charge in [0.05, 0.1) is 27.9 Å². The number of para-hydroxylation sites is 2. The number of aromatic nitrogens is 2. The van der Waals surface area contributed by atoms with E-state index in [-0.39, 0.29) is 16.2 Å². The average Bonchev–Trinajstić information content (AvgIpc) is 3.37. The molecule has 0 bridgehead atoms. The molecule has 0 spiro atoms. The summed E-state index contributed by atoms with van der Waals surface area (Å²) < 4.78 is 31.6. The van der Waals surface area contributed by atoms with Crippen molar-refractivity contribution in [3.8, 4) is 0 Å². The molecule has 8 nitrogen and oxygen atoms in total. The molecule has 10 heteroatoms. The van der Waals surface area contributed by atoms with Gasteiger partial charge < -0.3 is 4.74 Å². The van der Waals surface area contributed by atoms with Crippen LogP contribution in [0.5, 0.6) is 0 Å². The second kappa shape index (κ2) is 9.76. The van der Waals surface area contributed by atoms with Crippen LogP contribution in [0.2, 0.25) is 0 Å². The van der Waals surface area contributed by atoms with E-state index in [0.29, 0.717) is 18.1 Å². The maximum absolute atomic E-state index is 12.6. The molecule has 0 radical (unpaired) electrons. The minimum absolute atomic E-state index is 0.00663. The van der Waals surface area contributed by atoms with Gasteiger partial charge in [0.15, 0.2) is 12.4 Å². The Hall–Kier alpha value is -2.82. The summed E-state index contributed by atoms with van der Waals surface area (Å²) in [6.45, 7) is 0.616. The van der Waals surface area contributed by atoms with Crippen molar-refractivity contribution in [1.82, 2.24) is 14.3 Å². The lowest BCUT2D eigenvalue weighted by molar-refractivity contribution is -0.139. The van der Waals surface area contributed by atoms with Gasteiger partial charge in [-0.2, -0.15) is 4.31 Å². The van der Waals surface area contributed by atoms with Gasteiger partial charge in [0.25, 0.3) is 0 Å². The Morgan fingerprint density at radius 1 is 1.00 bits per heavy atom. The molecular weight excluding hydrogens is 450 g/mol. The number of fused-ring (bicyclic) bond motifs is 1. The van der Waals surface area contributed by atoms with Crippen molar-refractivity contribution >= 4 is 44.6 Å².